The smallest absolute Gasteiger partial charge is 0.111 e. The highest BCUT2D eigenvalue weighted by Crippen LogP contribution is 2.33. The highest BCUT2D eigenvalue weighted by Gasteiger charge is 2.25. The van der Waals surface area contributed by atoms with Crippen molar-refractivity contribution in [3.05, 3.63) is 15.6 Å². The third-order valence-corrected chi connectivity index (χ3v) is 5.51. The van der Waals surface area contributed by atoms with E-state index in [0.29, 0.717) is 18.5 Å². The molecule has 0 aromatic carbocycles. The van der Waals surface area contributed by atoms with Crippen LogP contribution < -0.4 is 5.73 Å². The first-order valence-electron chi connectivity index (χ1n) is 6.58. The van der Waals surface area contributed by atoms with Crippen molar-refractivity contribution < 1.29 is 0 Å². The monoisotopic (exact) mass is 285 g/mol. The van der Waals surface area contributed by atoms with Gasteiger partial charge >= 0.3 is 0 Å². The highest BCUT2D eigenvalue weighted by molar-refractivity contribution is 7.99. The van der Waals surface area contributed by atoms with Crippen molar-refractivity contribution in [2.24, 2.45) is 11.7 Å². The Labute approximate surface area is 118 Å². The second-order valence-electron chi connectivity index (χ2n) is 5.30. The van der Waals surface area contributed by atoms with Gasteiger partial charge in [0.2, 0.25) is 0 Å². The van der Waals surface area contributed by atoms with Gasteiger partial charge in [0.15, 0.2) is 0 Å². The third-order valence-electron chi connectivity index (χ3n) is 3.26. The van der Waals surface area contributed by atoms with Crippen LogP contribution in [0.5, 0.6) is 0 Å². The number of hydrogen-bond acceptors (Lipinski definition) is 5. The number of hydrogen-bond donors (Lipinski definition) is 1. The van der Waals surface area contributed by atoms with E-state index in [1.54, 1.807) is 0 Å². The first-order chi connectivity index (χ1) is 8.61. The van der Waals surface area contributed by atoms with E-state index < -0.39 is 0 Å². The molecule has 1 atom stereocenters. The van der Waals surface area contributed by atoms with Crippen LogP contribution in [0, 0.1) is 5.92 Å². The molecule has 3 nitrogen and oxygen atoms in total. The number of nitrogens with two attached hydrogens (primary N) is 1. The maximum atomic E-state index is 5.86. The number of rotatable bonds is 4. The van der Waals surface area contributed by atoms with E-state index in [1.807, 2.05) is 23.1 Å². The van der Waals surface area contributed by atoms with Crippen molar-refractivity contribution in [2.45, 2.75) is 32.9 Å². The van der Waals surface area contributed by atoms with E-state index in [4.69, 9.17) is 10.7 Å². The number of thiazole rings is 1. The molecule has 1 aromatic rings. The lowest BCUT2D eigenvalue weighted by molar-refractivity contribution is 0.274. The molecule has 0 radical (unpaired) electrons. The molecule has 1 saturated heterocycles. The van der Waals surface area contributed by atoms with Gasteiger partial charge in [-0.25, -0.2) is 4.98 Å². The second kappa shape index (κ2) is 6.37. The first-order valence-corrected chi connectivity index (χ1v) is 8.55. The van der Waals surface area contributed by atoms with E-state index in [2.05, 4.69) is 25.8 Å². The molecule has 0 spiro atoms. The normalized spacial score (nSPS) is 21.7. The Morgan fingerprint density at radius 1 is 1.50 bits per heavy atom. The van der Waals surface area contributed by atoms with Crippen molar-refractivity contribution >= 4 is 23.1 Å². The molecule has 1 aliphatic heterocycles. The molecule has 2 N–H and O–H groups in total. The minimum Gasteiger partial charge on any atom is -0.326 e. The second-order valence-corrected chi connectivity index (χ2v) is 7.56. The van der Waals surface area contributed by atoms with Gasteiger partial charge in [0.1, 0.15) is 5.01 Å². The fraction of sp³-hybridized carbons (Fsp3) is 0.769. The van der Waals surface area contributed by atoms with E-state index >= 15 is 0 Å². The van der Waals surface area contributed by atoms with Crippen LogP contribution in [-0.2, 0) is 13.0 Å². The summed E-state index contributed by atoms with van der Waals surface area (Å²) in [5.41, 5.74) is 7.09. The molecule has 0 saturated carbocycles. The summed E-state index contributed by atoms with van der Waals surface area (Å²) in [6.45, 7) is 6.26. The van der Waals surface area contributed by atoms with Crippen molar-refractivity contribution in [3.63, 3.8) is 0 Å². The molecule has 2 rings (SSSR count). The Bertz CT molecular complexity index is 390. The van der Waals surface area contributed by atoms with Crippen molar-refractivity contribution in [2.75, 3.05) is 25.1 Å². The van der Waals surface area contributed by atoms with Gasteiger partial charge < -0.3 is 5.73 Å². The summed E-state index contributed by atoms with van der Waals surface area (Å²) >= 11 is 3.85. The molecule has 0 aliphatic carbocycles. The molecule has 102 valence electrons. The van der Waals surface area contributed by atoms with Crippen LogP contribution in [-0.4, -0.2) is 35.0 Å². The standard InChI is InChI=1S/C13H23N3S2/c1-9(2)6-10-12(7-14)18-13(15-10)11-8-17-5-4-16(11)3/h9,11H,4-8,14H2,1-3H3. The van der Waals surface area contributed by atoms with Crippen LogP contribution in [0.15, 0.2) is 0 Å². The van der Waals surface area contributed by atoms with E-state index in [9.17, 15) is 0 Å². The van der Waals surface area contributed by atoms with Gasteiger partial charge in [-0.1, -0.05) is 13.8 Å². The maximum absolute atomic E-state index is 5.86. The predicted molar refractivity (Wildman–Crippen MR) is 81.2 cm³/mol. The van der Waals surface area contributed by atoms with Gasteiger partial charge in [-0.3, -0.25) is 4.90 Å². The van der Waals surface area contributed by atoms with Crippen molar-refractivity contribution in [1.29, 1.82) is 0 Å². The van der Waals surface area contributed by atoms with Crippen LogP contribution in [0.1, 0.15) is 35.5 Å². The summed E-state index contributed by atoms with van der Waals surface area (Å²) in [5.74, 6) is 3.04. The van der Waals surface area contributed by atoms with Gasteiger partial charge in [-0.2, -0.15) is 11.8 Å². The average Bonchev–Trinajstić information content (AvgIpc) is 2.71. The van der Waals surface area contributed by atoms with E-state index in [0.717, 1.165) is 18.7 Å². The largest absolute Gasteiger partial charge is 0.326 e. The topological polar surface area (TPSA) is 42.2 Å². The minimum absolute atomic E-state index is 0.486. The molecule has 0 amide bonds. The Morgan fingerprint density at radius 3 is 2.89 bits per heavy atom. The number of thioether (sulfide) groups is 1. The lowest BCUT2D eigenvalue weighted by Gasteiger charge is -2.30. The van der Waals surface area contributed by atoms with E-state index in [1.165, 1.54) is 21.3 Å². The Hall–Kier alpha value is -0.100. The van der Waals surface area contributed by atoms with Crippen LogP contribution in [0.4, 0.5) is 0 Å². The van der Waals surface area contributed by atoms with Gasteiger partial charge in [0.05, 0.1) is 11.7 Å². The molecular formula is C13H23N3S2. The van der Waals surface area contributed by atoms with Crippen LogP contribution in [0.3, 0.4) is 0 Å². The molecule has 0 bridgehead atoms. The summed E-state index contributed by atoms with van der Waals surface area (Å²) in [4.78, 5) is 8.58. The summed E-state index contributed by atoms with van der Waals surface area (Å²) in [6.07, 6.45) is 1.05. The zero-order chi connectivity index (χ0) is 13.1. The average molecular weight is 285 g/mol. The Balaban J connectivity index is 2.20. The van der Waals surface area contributed by atoms with Crippen LogP contribution >= 0.6 is 23.1 Å². The van der Waals surface area contributed by atoms with Gasteiger partial charge in [0, 0.05) is 29.5 Å². The molecule has 2 heterocycles. The van der Waals surface area contributed by atoms with Crippen molar-refractivity contribution in [1.82, 2.24) is 9.88 Å². The molecule has 5 heteroatoms. The summed E-state index contributed by atoms with van der Waals surface area (Å²) in [6, 6.07) is 0.486. The fourth-order valence-corrected chi connectivity index (χ4v) is 4.66. The Kier molecular flexibility index (Phi) is 5.06. The minimum atomic E-state index is 0.486. The molecule has 1 aliphatic rings. The quantitative estimate of drug-likeness (QED) is 0.923. The SMILES string of the molecule is CC(C)Cc1nc(C2CSCCN2C)sc1CN. The summed E-state index contributed by atoms with van der Waals surface area (Å²) in [7, 11) is 2.20. The zero-order valence-corrected chi connectivity index (χ0v) is 13.1. The van der Waals surface area contributed by atoms with E-state index in [-0.39, 0.29) is 0 Å². The molecular weight excluding hydrogens is 262 g/mol. The third kappa shape index (κ3) is 3.26. The molecule has 1 aromatic heterocycles. The Morgan fingerprint density at radius 2 is 2.28 bits per heavy atom. The first kappa shape index (κ1) is 14.3. The molecule has 1 fully saturated rings. The number of nitrogens with zero attached hydrogens (tertiary/aromatic N) is 2. The molecule has 1 unspecified atom stereocenters. The van der Waals surface area contributed by atoms with Gasteiger partial charge in [-0.15, -0.1) is 11.3 Å². The van der Waals surface area contributed by atoms with Crippen LogP contribution in [0.25, 0.3) is 0 Å². The predicted octanol–water partition coefficient (Wildman–Crippen LogP) is 2.52. The summed E-state index contributed by atoms with van der Waals surface area (Å²) in [5, 5.41) is 1.26. The van der Waals surface area contributed by atoms with Gasteiger partial charge in [-0.05, 0) is 19.4 Å². The summed E-state index contributed by atoms with van der Waals surface area (Å²) < 4.78 is 0. The van der Waals surface area contributed by atoms with Crippen LogP contribution in [0.2, 0.25) is 0 Å². The number of aromatic nitrogens is 1. The lowest BCUT2D eigenvalue weighted by Crippen LogP contribution is -2.32. The maximum Gasteiger partial charge on any atom is 0.111 e. The zero-order valence-electron chi connectivity index (χ0n) is 11.5. The highest BCUT2D eigenvalue weighted by atomic mass is 32.2. The van der Waals surface area contributed by atoms with Crippen molar-refractivity contribution in [3.8, 4) is 0 Å². The van der Waals surface area contributed by atoms with Gasteiger partial charge in [0.25, 0.3) is 0 Å². The molecule has 18 heavy (non-hydrogen) atoms. The lowest BCUT2D eigenvalue weighted by atomic mass is 10.1. The fourth-order valence-electron chi connectivity index (χ4n) is 2.20.